The van der Waals surface area contributed by atoms with E-state index in [0.29, 0.717) is 5.41 Å². The zero-order valence-electron chi connectivity index (χ0n) is 16.4. The Kier molecular flexibility index (Phi) is 7.43. The fourth-order valence-corrected chi connectivity index (χ4v) is 2.77. The summed E-state index contributed by atoms with van der Waals surface area (Å²) in [6.07, 6.45) is 1.17. The molecule has 21 heavy (non-hydrogen) atoms. The molecule has 0 bridgehead atoms. The first-order valence-corrected chi connectivity index (χ1v) is 8.28. The Balaban J connectivity index is 4.08. The first kappa shape index (κ1) is 20.9. The zero-order valence-corrected chi connectivity index (χ0v) is 16.4. The van der Waals surface area contributed by atoms with E-state index in [1.807, 2.05) is 0 Å². The van der Waals surface area contributed by atoms with Crippen molar-refractivity contribution in [2.24, 2.45) is 21.7 Å². The maximum absolute atomic E-state index is 6.01. The van der Waals surface area contributed by atoms with Gasteiger partial charge in [0.2, 0.25) is 0 Å². The summed E-state index contributed by atoms with van der Waals surface area (Å²) in [6, 6.07) is 0. The van der Waals surface area contributed by atoms with Gasteiger partial charge in [-0.1, -0.05) is 69.2 Å². The molecule has 0 radical (unpaired) electrons. The van der Waals surface area contributed by atoms with Gasteiger partial charge in [0.1, 0.15) is 0 Å². The number of hydrogen-bond acceptors (Lipinski definition) is 2. The van der Waals surface area contributed by atoms with Crippen LogP contribution in [0.2, 0.25) is 0 Å². The summed E-state index contributed by atoms with van der Waals surface area (Å²) in [4.78, 5) is 0. The van der Waals surface area contributed by atoms with Gasteiger partial charge in [-0.3, -0.25) is 0 Å². The predicted molar refractivity (Wildman–Crippen MR) is 92.7 cm³/mol. The van der Waals surface area contributed by atoms with Crippen molar-refractivity contribution >= 4 is 0 Å². The molecule has 0 aliphatic heterocycles. The molecule has 0 unspecified atom stereocenters. The lowest BCUT2D eigenvalue weighted by molar-refractivity contribution is -0.0427. The highest BCUT2D eigenvalue weighted by Gasteiger charge is 2.27. The van der Waals surface area contributed by atoms with Crippen LogP contribution < -0.4 is 0 Å². The van der Waals surface area contributed by atoms with E-state index in [1.54, 1.807) is 0 Å². The Bertz CT molecular complexity index is 290. The number of hydrogen-bond donors (Lipinski definition) is 0. The molecule has 0 aromatic rings. The minimum Gasteiger partial charge on any atom is -0.380 e. The summed E-state index contributed by atoms with van der Waals surface area (Å²) in [5.74, 6) is 0. The second kappa shape index (κ2) is 7.46. The maximum Gasteiger partial charge on any atom is 0.0539 e. The molecule has 0 N–H and O–H groups in total. The van der Waals surface area contributed by atoms with Crippen molar-refractivity contribution in [3.63, 3.8) is 0 Å². The monoisotopic (exact) mass is 300 g/mol. The van der Waals surface area contributed by atoms with Gasteiger partial charge in [0.15, 0.2) is 0 Å². The lowest BCUT2D eigenvalue weighted by atomic mass is 9.77. The van der Waals surface area contributed by atoms with Gasteiger partial charge in [-0.05, 0) is 22.7 Å². The number of rotatable bonds is 8. The summed E-state index contributed by atoms with van der Waals surface area (Å²) in [6.45, 7) is 25.6. The van der Waals surface area contributed by atoms with E-state index in [-0.39, 0.29) is 16.2 Å². The molecule has 0 saturated carbocycles. The van der Waals surface area contributed by atoms with E-state index in [1.165, 1.54) is 6.42 Å². The molecule has 2 nitrogen and oxygen atoms in total. The second-order valence-corrected chi connectivity index (χ2v) is 10.6. The van der Waals surface area contributed by atoms with Gasteiger partial charge in [0.25, 0.3) is 0 Å². The Morgan fingerprint density at radius 1 is 0.476 bits per heavy atom. The van der Waals surface area contributed by atoms with Crippen molar-refractivity contribution in [3.8, 4) is 0 Å². The summed E-state index contributed by atoms with van der Waals surface area (Å²) in [7, 11) is 0. The average Bonchev–Trinajstić information content (AvgIpc) is 2.08. The van der Waals surface area contributed by atoms with Crippen LogP contribution in [0.25, 0.3) is 0 Å². The van der Waals surface area contributed by atoms with E-state index in [4.69, 9.17) is 9.47 Å². The minimum absolute atomic E-state index is 0.0725. The van der Waals surface area contributed by atoms with Crippen LogP contribution in [0, 0.1) is 21.7 Å². The van der Waals surface area contributed by atoms with Crippen LogP contribution >= 0.6 is 0 Å². The Morgan fingerprint density at radius 3 is 1.24 bits per heavy atom. The first-order valence-electron chi connectivity index (χ1n) is 8.28. The molecular formula is C19H40O2. The largest absolute Gasteiger partial charge is 0.380 e. The van der Waals surface area contributed by atoms with Gasteiger partial charge < -0.3 is 9.47 Å². The quantitative estimate of drug-likeness (QED) is 0.584. The smallest absolute Gasteiger partial charge is 0.0539 e. The van der Waals surface area contributed by atoms with Crippen LogP contribution in [0.5, 0.6) is 0 Å². The van der Waals surface area contributed by atoms with Gasteiger partial charge in [-0.15, -0.1) is 0 Å². The summed E-state index contributed by atoms with van der Waals surface area (Å²) in [5, 5.41) is 0. The molecule has 0 saturated heterocycles. The molecule has 0 spiro atoms. The molecule has 0 aliphatic rings. The van der Waals surface area contributed by atoms with E-state index in [9.17, 15) is 0 Å². The van der Waals surface area contributed by atoms with Gasteiger partial charge in [0.05, 0.1) is 26.4 Å². The fraction of sp³-hybridized carbons (Fsp3) is 1.00. The molecule has 0 aromatic carbocycles. The highest BCUT2D eigenvalue weighted by atomic mass is 16.5. The van der Waals surface area contributed by atoms with Gasteiger partial charge in [-0.25, -0.2) is 0 Å². The topological polar surface area (TPSA) is 18.5 Å². The molecule has 0 amide bonds. The van der Waals surface area contributed by atoms with Crippen molar-refractivity contribution in [1.29, 1.82) is 0 Å². The lowest BCUT2D eigenvalue weighted by Crippen LogP contribution is -2.31. The van der Waals surface area contributed by atoms with E-state index < -0.39 is 0 Å². The molecule has 0 fully saturated rings. The SMILES string of the molecule is CC(C)(C)COCC(C)(C)COCC(C)(C)CC(C)(C)C. The molecule has 0 aliphatic carbocycles. The predicted octanol–water partition coefficient (Wildman–Crippen LogP) is 5.55. The third-order valence-corrected chi connectivity index (χ3v) is 3.02. The van der Waals surface area contributed by atoms with E-state index >= 15 is 0 Å². The average molecular weight is 301 g/mol. The van der Waals surface area contributed by atoms with Gasteiger partial charge in [0, 0.05) is 5.41 Å². The fourth-order valence-electron chi connectivity index (χ4n) is 2.77. The lowest BCUT2D eigenvalue weighted by Gasteiger charge is -2.34. The zero-order chi connectivity index (χ0) is 16.9. The van der Waals surface area contributed by atoms with E-state index in [2.05, 4.69) is 69.2 Å². The molecule has 128 valence electrons. The van der Waals surface area contributed by atoms with Crippen molar-refractivity contribution in [2.45, 2.75) is 75.7 Å². The molecule has 0 aromatic heterocycles. The van der Waals surface area contributed by atoms with Crippen molar-refractivity contribution in [2.75, 3.05) is 26.4 Å². The summed E-state index contributed by atoms with van der Waals surface area (Å²) in [5.41, 5.74) is 0.869. The van der Waals surface area contributed by atoms with Crippen molar-refractivity contribution < 1.29 is 9.47 Å². The Morgan fingerprint density at radius 2 is 0.857 bits per heavy atom. The van der Waals surface area contributed by atoms with Crippen LogP contribution in [0.3, 0.4) is 0 Å². The van der Waals surface area contributed by atoms with Crippen molar-refractivity contribution in [3.05, 3.63) is 0 Å². The maximum atomic E-state index is 6.01. The minimum atomic E-state index is 0.0725. The van der Waals surface area contributed by atoms with Crippen LogP contribution in [0.15, 0.2) is 0 Å². The van der Waals surface area contributed by atoms with Gasteiger partial charge in [-0.2, -0.15) is 0 Å². The third-order valence-electron chi connectivity index (χ3n) is 3.02. The summed E-state index contributed by atoms with van der Waals surface area (Å²) >= 11 is 0. The summed E-state index contributed by atoms with van der Waals surface area (Å²) < 4.78 is 11.9. The number of ether oxygens (including phenoxy) is 2. The van der Waals surface area contributed by atoms with Crippen LogP contribution in [-0.4, -0.2) is 26.4 Å². The third kappa shape index (κ3) is 13.3. The molecule has 0 atom stereocenters. The first-order chi connectivity index (χ1) is 9.12. The standard InChI is InChI=1S/C19H40O2/c1-16(2,3)11-18(7,8)13-21-15-19(9,10)14-20-12-17(4,5)6/h11-15H2,1-10H3. The Hall–Kier alpha value is -0.0800. The van der Waals surface area contributed by atoms with Crippen LogP contribution in [0.1, 0.15) is 75.7 Å². The highest BCUT2D eigenvalue weighted by Crippen LogP contribution is 2.33. The molecule has 2 heteroatoms. The molecule has 0 heterocycles. The molecular weight excluding hydrogens is 260 g/mol. The molecule has 0 rings (SSSR count). The van der Waals surface area contributed by atoms with Crippen molar-refractivity contribution in [1.82, 2.24) is 0 Å². The van der Waals surface area contributed by atoms with Crippen LogP contribution in [-0.2, 0) is 9.47 Å². The Labute approximate surface area is 134 Å². The van der Waals surface area contributed by atoms with Crippen LogP contribution in [0.4, 0.5) is 0 Å². The highest BCUT2D eigenvalue weighted by molar-refractivity contribution is 4.77. The van der Waals surface area contributed by atoms with E-state index in [0.717, 1.165) is 26.4 Å². The second-order valence-electron chi connectivity index (χ2n) is 10.6. The van der Waals surface area contributed by atoms with Gasteiger partial charge >= 0.3 is 0 Å². The normalized spacial score (nSPS) is 14.6.